The minimum atomic E-state index is -0.549. The van der Waals surface area contributed by atoms with Crippen molar-refractivity contribution in [3.05, 3.63) is 72.2 Å². The molecule has 9 heteroatoms. The minimum absolute atomic E-state index is 0.130. The van der Waals surface area contributed by atoms with Gasteiger partial charge in [0.1, 0.15) is 28.6 Å². The molecule has 1 amide bonds. The molecule has 8 nitrogen and oxygen atoms in total. The van der Waals surface area contributed by atoms with Gasteiger partial charge >= 0.3 is 5.97 Å². The Bertz CT molecular complexity index is 1220. The summed E-state index contributed by atoms with van der Waals surface area (Å²) in [6.07, 6.45) is 2.59. The van der Waals surface area contributed by atoms with Gasteiger partial charge in [0.2, 0.25) is 12.3 Å². The predicted octanol–water partition coefficient (Wildman–Crippen LogP) is 4.12. The van der Waals surface area contributed by atoms with E-state index < -0.39 is 5.97 Å². The van der Waals surface area contributed by atoms with E-state index in [1.165, 1.54) is 19.2 Å². The van der Waals surface area contributed by atoms with E-state index in [1.807, 2.05) is 4.90 Å². The van der Waals surface area contributed by atoms with Gasteiger partial charge in [-0.3, -0.25) is 4.79 Å². The zero-order valence-corrected chi connectivity index (χ0v) is 19.1. The van der Waals surface area contributed by atoms with Crippen LogP contribution in [0.1, 0.15) is 10.4 Å². The van der Waals surface area contributed by atoms with E-state index in [2.05, 4.69) is 9.88 Å². The number of benzene rings is 2. The molecule has 2 saturated heterocycles. The van der Waals surface area contributed by atoms with Gasteiger partial charge in [0, 0.05) is 44.1 Å². The van der Waals surface area contributed by atoms with Crippen LogP contribution >= 0.6 is 0 Å². The third kappa shape index (κ3) is 4.89. The summed E-state index contributed by atoms with van der Waals surface area (Å²) < 4.78 is 29.9. The summed E-state index contributed by atoms with van der Waals surface area (Å²) in [5, 5.41) is 0. The summed E-state index contributed by atoms with van der Waals surface area (Å²) in [6, 6.07) is 14.3. The Hall–Kier alpha value is -4.14. The molecule has 180 valence electrons. The van der Waals surface area contributed by atoms with Crippen molar-refractivity contribution in [1.82, 2.24) is 9.88 Å². The van der Waals surface area contributed by atoms with E-state index in [4.69, 9.17) is 14.2 Å². The monoisotopic (exact) mass is 477 g/mol. The first-order valence-corrected chi connectivity index (χ1v) is 11.3. The van der Waals surface area contributed by atoms with Crippen LogP contribution < -0.4 is 14.4 Å². The predicted molar refractivity (Wildman–Crippen MR) is 125 cm³/mol. The van der Waals surface area contributed by atoms with Gasteiger partial charge in [-0.15, -0.1) is 0 Å². The molecule has 0 saturated carbocycles. The quantitative estimate of drug-likeness (QED) is 0.374. The first-order valence-electron chi connectivity index (χ1n) is 11.3. The SMILES string of the molecule is COC(=O)c1cc(N2CC3CN(C=O)CC3C2)cnc1Oc1ccc(Oc2cccc(F)c2)cc1. The lowest BCUT2D eigenvalue weighted by Crippen LogP contribution is -2.28. The maximum atomic E-state index is 13.4. The molecule has 3 heterocycles. The third-order valence-corrected chi connectivity index (χ3v) is 6.34. The fraction of sp³-hybridized carbons (Fsp3) is 0.269. The van der Waals surface area contributed by atoms with Crippen LogP contribution in [0.2, 0.25) is 0 Å². The number of ether oxygens (including phenoxy) is 3. The van der Waals surface area contributed by atoms with Crippen LogP contribution in [0.4, 0.5) is 10.1 Å². The van der Waals surface area contributed by atoms with Crippen molar-refractivity contribution in [3.63, 3.8) is 0 Å². The van der Waals surface area contributed by atoms with Gasteiger partial charge in [0.25, 0.3) is 0 Å². The topological polar surface area (TPSA) is 81.2 Å². The van der Waals surface area contributed by atoms with Crippen LogP contribution in [0.15, 0.2) is 60.8 Å². The van der Waals surface area contributed by atoms with Gasteiger partial charge in [-0.25, -0.2) is 14.2 Å². The molecule has 5 rings (SSSR count). The second-order valence-corrected chi connectivity index (χ2v) is 8.66. The van der Waals surface area contributed by atoms with Gasteiger partial charge in [-0.05, 0) is 42.5 Å². The first kappa shape index (κ1) is 22.6. The molecule has 2 aromatic carbocycles. The number of pyridine rings is 1. The molecule has 0 spiro atoms. The second-order valence-electron chi connectivity index (χ2n) is 8.66. The summed E-state index contributed by atoms with van der Waals surface area (Å²) in [5.74, 6) is 1.36. The van der Waals surface area contributed by atoms with Crippen LogP contribution in [0.25, 0.3) is 0 Å². The molecule has 2 aliphatic heterocycles. The fourth-order valence-electron chi connectivity index (χ4n) is 4.63. The number of esters is 1. The molecule has 0 radical (unpaired) electrons. The number of hydrogen-bond acceptors (Lipinski definition) is 7. The largest absolute Gasteiger partial charge is 0.465 e. The van der Waals surface area contributed by atoms with Crippen LogP contribution in [0.5, 0.6) is 23.1 Å². The lowest BCUT2D eigenvalue weighted by atomic mass is 10.0. The van der Waals surface area contributed by atoms with Crippen LogP contribution in [0.3, 0.4) is 0 Å². The highest BCUT2D eigenvalue weighted by Crippen LogP contribution is 2.35. The highest BCUT2D eigenvalue weighted by atomic mass is 19.1. The number of carbonyl (C=O) groups excluding carboxylic acids is 2. The van der Waals surface area contributed by atoms with Crippen LogP contribution in [-0.4, -0.2) is 55.6 Å². The molecule has 2 aliphatic rings. The van der Waals surface area contributed by atoms with Gasteiger partial charge < -0.3 is 24.0 Å². The highest BCUT2D eigenvalue weighted by Gasteiger charge is 2.40. The van der Waals surface area contributed by atoms with E-state index in [9.17, 15) is 14.0 Å². The highest BCUT2D eigenvalue weighted by molar-refractivity contribution is 5.93. The number of hydrogen-bond donors (Lipinski definition) is 0. The average molecular weight is 477 g/mol. The van der Waals surface area contributed by atoms with E-state index in [-0.39, 0.29) is 17.3 Å². The Morgan fingerprint density at radius 2 is 1.66 bits per heavy atom. The fourth-order valence-corrected chi connectivity index (χ4v) is 4.63. The van der Waals surface area contributed by atoms with Crippen LogP contribution in [0, 0.1) is 17.7 Å². The third-order valence-electron chi connectivity index (χ3n) is 6.34. The zero-order valence-electron chi connectivity index (χ0n) is 19.1. The van der Waals surface area contributed by atoms with Gasteiger partial charge in [0.15, 0.2) is 0 Å². The lowest BCUT2D eigenvalue weighted by molar-refractivity contribution is -0.117. The van der Waals surface area contributed by atoms with Gasteiger partial charge in [-0.1, -0.05) is 6.07 Å². The first-order chi connectivity index (χ1) is 17.0. The molecule has 0 bridgehead atoms. The van der Waals surface area contributed by atoms with Crippen LogP contribution in [-0.2, 0) is 9.53 Å². The number of amides is 1. The molecule has 0 N–H and O–H groups in total. The number of likely N-dealkylation sites (tertiary alicyclic amines) is 1. The summed E-state index contributed by atoms with van der Waals surface area (Å²) in [4.78, 5) is 32.0. The number of aromatic nitrogens is 1. The smallest absolute Gasteiger partial charge is 0.343 e. The molecule has 2 unspecified atom stereocenters. The number of methoxy groups -OCH3 is 1. The number of halogens is 1. The molecule has 35 heavy (non-hydrogen) atoms. The van der Waals surface area contributed by atoms with Crippen molar-refractivity contribution in [2.24, 2.45) is 11.8 Å². The average Bonchev–Trinajstić information content (AvgIpc) is 3.44. The number of rotatable bonds is 7. The Morgan fingerprint density at radius 3 is 2.29 bits per heavy atom. The van der Waals surface area contributed by atoms with Gasteiger partial charge in [0.05, 0.1) is 19.0 Å². The van der Waals surface area contributed by atoms with Crippen molar-refractivity contribution in [2.75, 3.05) is 38.2 Å². The summed E-state index contributed by atoms with van der Waals surface area (Å²) in [7, 11) is 1.31. The minimum Gasteiger partial charge on any atom is -0.465 e. The van der Waals surface area contributed by atoms with Crippen molar-refractivity contribution < 1.29 is 28.2 Å². The zero-order chi connectivity index (χ0) is 24.4. The van der Waals surface area contributed by atoms with E-state index in [1.54, 1.807) is 48.7 Å². The number of fused-ring (bicyclic) bond motifs is 1. The number of anilines is 1. The van der Waals surface area contributed by atoms with E-state index in [0.29, 0.717) is 29.1 Å². The Balaban J connectivity index is 1.30. The maximum Gasteiger partial charge on any atom is 0.343 e. The maximum absolute atomic E-state index is 13.4. The molecule has 0 aliphatic carbocycles. The Morgan fingerprint density at radius 1 is 0.971 bits per heavy atom. The molecule has 2 atom stereocenters. The lowest BCUT2D eigenvalue weighted by Gasteiger charge is -2.22. The van der Waals surface area contributed by atoms with Crippen molar-refractivity contribution in [3.8, 4) is 23.1 Å². The molecular weight excluding hydrogens is 453 g/mol. The van der Waals surface area contributed by atoms with E-state index in [0.717, 1.165) is 38.3 Å². The number of nitrogens with zero attached hydrogens (tertiary/aromatic N) is 3. The summed E-state index contributed by atoms with van der Waals surface area (Å²) in [5.41, 5.74) is 1.03. The van der Waals surface area contributed by atoms with Gasteiger partial charge in [-0.2, -0.15) is 0 Å². The van der Waals surface area contributed by atoms with Crippen molar-refractivity contribution in [1.29, 1.82) is 0 Å². The molecule has 1 aromatic heterocycles. The Kier molecular flexibility index (Phi) is 6.22. The molecule has 3 aromatic rings. The van der Waals surface area contributed by atoms with Crippen molar-refractivity contribution >= 4 is 18.1 Å². The van der Waals surface area contributed by atoms with E-state index >= 15 is 0 Å². The normalized spacial score (nSPS) is 18.8. The molecule has 2 fully saturated rings. The standard InChI is InChI=1S/C26H24FN3O5/c1-33-26(32)24-10-20(30-14-17-12-29(16-31)13-18(17)15-30)11-28-25(24)35-22-7-5-21(6-8-22)34-23-4-2-3-19(27)9-23/h2-11,16-18H,12-15H2,1H3. The van der Waals surface area contributed by atoms with Crippen molar-refractivity contribution in [2.45, 2.75) is 0 Å². The molecular formula is C26H24FN3O5. The summed E-state index contributed by atoms with van der Waals surface area (Å²) in [6.45, 7) is 3.10. The second kappa shape index (κ2) is 9.61. The Labute approximate surface area is 201 Å². The number of carbonyl (C=O) groups is 2. The summed E-state index contributed by atoms with van der Waals surface area (Å²) >= 11 is 0.